The second-order valence-electron chi connectivity index (χ2n) is 7.00. The van der Waals surface area contributed by atoms with Gasteiger partial charge in [0.25, 0.3) is 5.69 Å². The lowest BCUT2D eigenvalue weighted by atomic mass is 9.97. The summed E-state index contributed by atoms with van der Waals surface area (Å²) >= 11 is 0. The molecule has 14 nitrogen and oxygen atoms in total. The first-order valence-corrected chi connectivity index (χ1v) is 9.78. The Morgan fingerprint density at radius 2 is 1.56 bits per heavy atom. The molecule has 14 heteroatoms. The van der Waals surface area contributed by atoms with Crippen LogP contribution in [0.25, 0.3) is 0 Å². The monoisotopic (exact) mass is 485 g/mol. The number of rotatable bonds is 8. The highest BCUT2D eigenvalue weighted by molar-refractivity contribution is 5.77. The molecule has 0 spiro atoms. The van der Waals surface area contributed by atoms with Crippen molar-refractivity contribution in [2.24, 2.45) is 0 Å². The van der Waals surface area contributed by atoms with E-state index >= 15 is 0 Å². The van der Waals surface area contributed by atoms with Crippen LogP contribution in [0.15, 0.2) is 18.2 Å². The number of carbonyl (C=O) groups is 4. The quantitative estimate of drug-likeness (QED) is 0.227. The number of hydrogen-bond acceptors (Lipinski definition) is 13. The van der Waals surface area contributed by atoms with Crippen LogP contribution in [-0.2, 0) is 49.5 Å². The van der Waals surface area contributed by atoms with Gasteiger partial charge < -0.3 is 33.5 Å². The molecule has 0 bridgehead atoms. The van der Waals surface area contributed by atoms with Crippen LogP contribution in [0.4, 0.5) is 5.69 Å². The molecule has 0 aromatic heterocycles. The van der Waals surface area contributed by atoms with Gasteiger partial charge in [0.15, 0.2) is 18.3 Å². The normalized spacial score (nSPS) is 23.9. The molecule has 0 radical (unpaired) electrons. The Morgan fingerprint density at radius 3 is 2.06 bits per heavy atom. The fourth-order valence-electron chi connectivity index (χ4n) is 3.22. The van der Waals surface area contributed by atoms with E-state index in [0.717, 1.165) is 46.1 Å². The lowest BCUT2D eigenvalue weighted by Gasteiger charge is -2.43. The molecule has 1 saturated heterocycles. The number of nitro groups is 1. The van der Waals surface area contributed by atoms with Gasteiger partial charge >= 0.3 is 23.9 Å². The van der Waals surface area contributed by atoms with Crippen LogP contribution < -0.4 is 4.74 Å². The Hall–Kier alpha value is -3.78. The van der Waals surface area contributed by atoms with Gasteiger partial charge in [0.05, 0.1) is 18.6 Å². The van der Waals surface area contributed by atoms with Crippen LogP contribution in [-0.4, -0.2) is 71.7 Å². The third-order valence-corrected chi connectivity index (χ3v) is 4.50. The Morgan fingerprint density at radius 1 is 1.00 bits per heavy atom. The first-order valence-electron chi connectivity index (χ1n) is 9.78. The van der Waals surface area contributed by atoms with E-state index in [0.29, 0.717) is 0 Å². The Kier molecular flexibility index (Phi) is 8.86. The summed E-state index contributed by atoms with van der Waals surface area (Å²) in [4.78, 5) is 58.0. The number of hydrogen-bond donors (Lipinski definition) is 1. The number of nitro benzene ring substituents is 1. The molecule has 1 aromatic carbocycles. The van der Waals surface area contributed by atoms with E-state index in [1.165, 1.54) is 0 Å². The molecule has 1 aliphatic rings. The smallest absolute Gasteiger partial charge is 0.339 e. The topological polar surface area (TPSA) is 187 Å². The van der Waals surface area contributed by atoms with Crippen LogP contribution in [0.2, 0.25) is 0 Å². The molecular formula is C20H23NO13. The highest BCUT2D eigenvalue weighted by Crippen LogP contribution is 2.33. The summed E-state index contributed by atoms with van der Waals surface area (Å²) in [7, 11) is 1.03. The number of ether oxygens (including phenoxy) is 6. The minimum Gasteiger partial charge on any atom is -0.467 e. The van der Waals surface area contributed by atoms with Crippen LogP contribution >= 0.6 is 0 Å². The second-order valence-corrected chi connectivity index (χ2v) is 7.00. The molecule has 1 fully saturated rings. The number of aliphatic hydroxyl groups is 1. The molecule has 0 amide bonds. The van der Waals surface area contributed by atoms with Crippen LogP contribution in [0.5, 0.6) is 5.75 Å². The molecule has 1 aromatic rings. The molecular weight excluding hydrogens is 462 g/mol. The zero-order valence-electron chi connectivity index (χ0n) is 18.6. The van der Waals surface area contributed by atoms with Gasteiger partial charge in [0, 0.05) is 38.5 Å². The Labute approximate surface area is 192 Å². The number of esters is 4. The lowest BCUT2D eigenvalue weighted by Crippen LogP contribution is -2.64. The maximum Gasteiger partial charge on any atom is 0.339 e. The van der Waals surface area contributed by atoms with Crippen molar-refractivity contribution in [1.82, 2.24) is 0 Å². The Bertz CT molecular complexity index is 962. The van der Waals surface area contributed by atoms with E-state index in [1.54, 1.807) is 0 Å². The van der Waals surface area contributed by atoms with E-state index in [9.17, 15) is 34.4 Å². The molecule has 0 saturated carbocycles. The van der Waals surface area contributed by atoms with Crippen molar-refractivity contribution in [3.8, 4) is 5.75 Å². The third kappa shape index (κ3) is 6.39. The Balaban J connectivity index is 2.56. The van der Waals surface area contributed by atoms with E-state index in [2.05, 4.69) is 4.74 Å². The summed E-state index contributed by atoms with van der Waals surface area (Å²) in [6.45, 7) is 2.44. The van der Waals surface area contributed by atoms with Crippen molar-refractivity contribution < 1.29 is 57.6 Å². The number of carbonyl (C=O) groups excluding carboxylic acids is 4. The van der Waals surface area contributed by atoms with Crippen molar-refractivity contribution in [2.75, 3.05) is 7.11 Å². The molecule has 1 N–H and O–H groups in total. The van der Waals surface area contributed by atoms with Gasteiger partial charge in [-0.15, -0.1) is 0 Å². The van der Waals surface area contributed by atoms with E-state index in [4.69, 9.17) is 23.7 Å². The van der Waals surface area contributed by atoms with Gasteiger partial charge in [0.1, 0.15) is 5.75 Å². The number of non-ortho nitro benzene ring substituents is 1. The minimum atomic E-state index is -1.68. The number of aliphatic hydroxyl groups excluding tert-OH is 1. The minimum absolute atomic E-state index is 0.0276. The van der Waals surface area contributed by atoms with Crippen molar-refractivity contribution in [2.45, 2.75) is 58.1 Å². The lowest BCUT2D eigenvalue weighted by molar-refractivity contribution is -0.385. The summed E-state index contributed by atoms with van der Waals surface area (Å²) in [6, 6.07) is 3.28. The SMILES string of the molecule is COC(=O)[C@H]1OC(Oc2ccc([N+](=O)[O-])cc2CO)[C@H](OC(C)=O)[C@@H](OC(C)=O)[C@@H]1OC(C)=O. The van der Waals surface area contributed by atoms with E-state index < -0.39 is 66.1 Å². The zero-order chi connectivity index (χ0) is 25.6. The van der Waals surface area contributed by atoms with Crippen LogP contribution in [0.3, 0.4) is 0 Å². The van der Waals surface area contributed by atoms with Gasteiger partial charge in [0.2, 0.25) is 12.4 Å². The second kappa shape index (κ2) is 11.4. The molecule has 5 atom stereocenters. The van der Waals surface area contributed by atoms with Crippen molar-refractivity contribution in [3.63, 3.8) is 0 Å². The first kappa shape index (κ1) is 26.5. The highest BCUT2D eigenvalue weighted by Gasteiger charge is 2.55. The predicted octanol–water partition coefficient (Wildman–Crippen LogP) is 0.159. The van der Waals surface area contributed by atoms with Crippen LogP contribution in [0.1, 0.15) is 26.3 Å². The summed E-state index contributed by atoms with van der Waals surface area (Å²) in [6.07, 6.45) is -8.04. The molecule has 0 aliphatic carbocycles. The highest BCUT2D eigenvalue weighted by atomic mass is 16.7. The molecule has 1 heterocycles. The molecule has 1 aliphatic heterocycles. The summed E-state index contributed by atoms with van der Waals surface area (Å²) in [5.74, 6) is -3.73. The molecule has 34 heavy (non-hydrogen) atoms. The third-order valence-electron chi connectivity index (χ3n) is 4.50. The van der Waals surface area contributed by atoms with Crippen molar-refractivity contribution in [3.05, 3.63) is 33.9 Å². The van der Waals surface area contributed by atoms with Crippen molar-refractivity contribution >= 4 is 29.6 Å². The van der Waals surface area contributed by atoms with Crippen LogP contribution in [0, 0.1) is 10.1 Å². The van der Waals surface area contributed by atoms with Gasteiger partial charge in [-0.3, -0.25) is 24.5 Å². The van der Waals surface area contributed by atoms with Crippen molar-refractivity contribution in [1.29, 1.82) is 0 Å². The fourth-order valence-corrected chi connectivity index (χ4v) is 3.22. The number of benzene rings is 1. The van der Waals surface area contributed by atoms with E-state index in [-0.39, 0.29) is 17.0 Å². The fraction of sp³-hybridized carbons (Fsp3) is 0.500. The van der Waals surface area contributed by atoms with Gasteiger partial charge in [-0.25, -0.2) is 4.79 Å². The summed E-state index contributed by atoms with van der Waals surface area (Å²) in [5.41, 5.74) is -0.363. The van der Waals surface area contributed by atoms with E-state index in [1.807, 2.05) is 0 Å². The maximum absolute atomic E-state index is 12.4. The van der Waals surface area contributed by atoms with Gasteiger partial charge in [-0.05, 0) is 6.07 Å². The largest absolute Gasteiger partial charge is 0.467 e. The molecule has 2 rings (SSSR count). The average Bonchev–Trinajstić information content (AvgIpc) is 2.76. The summed E-state index contributed by atoms with van der Waals surface area (Å²) < 4.78 is 31.5. The molecule has 186 valence electrons. The average molecular weight is 485 g/mol. The maximum atomic E-state index is 12.4. The standard InChI is InChI=1S/C20H23NO13/c1-9(23)30-15-16(31-10(2)24)18(32-11(3)25)20(34-17(15)19(26)29-4)33-14-6-5-13(21(27)28)7-12(14)8-22/h5-7,15-18,20,22H,8H2,1-4H3/t15-,16-,17-,18+,20?/m0/s1. The van der Waals surface area contributed by atoms with Gasteiger partial charge in [-0.2, -0.15) is 0 Å². The molecule has 1 unspecified atom stereocenters. The number of nitrogens with zero attached hydrogens (tertiary/aromatic N) is 1. The zero-order valence-corrected chi connectivity index (χ0v) is 18.6. The summed E-state index contributed by atoms with van der Waals surface area (Å²) in [5, 5.41) is 20.7. The number of methoxy groups -OCH3 is 1. The first-order chi connectivity index (χ1) is 16.0. The predicted molar refractivity (Wildman–Crippen MR) is 107 cm³/mol. The van der Waals surface area contributed by atoms with Gasteiger partial charge in [-0.1, -0.05) is 0 Å².